The molecule has 0 N–H and O–H groups in total. The lowest BCUT2D eigenvalue weighted by molar-refractivity contribution is -0.274. The van der Waals surface area contributed by atoms with Crippen LogP contribution >= 0.6 is 35.0 Å². The summed E-state index contributed by atoms with van der Waals surface area (Å²) in [5.41, 5.74) is 2.33. The van der Waals surface area contributed by atoms with E-state index in [0.29, 0.717) is 38.0 Å². The molecule has 0 unspecified atom stereocenters. The van der Waals surface area contributed by atoms with E-state index in [1.54, 1.807) is 42.5 Å². The molecule has 0 saturated carbocycles. The van der Waals surface area contributed by atoms with Crippen molar-refractivity contribution in [3.05, 3.63) is 88.7 Å². The van der Waals surface area contributed by atoms with E-state index in [4.69, 9.17) is 23.2 Å². The molecule has 4 aromatic rings. The van der Waals surface area contributed by atoms with Gasteiger partial charge in [0.25, 0.3) is 0 Å². The van der Waals surface area contributed by atoms with Crippen LogP contribution in [0.4, 0.5) is 18.9 Å². The molecule has 1 aliphatic rings. The van der Waals surface area contributed by atoms with Gasteiger partial charge in [0.2, 0.25) is 5.91 Å². The van der Waals surface area contributed by atoms with Gasteiger partial charge < -0.3 is 4.74 Å². The molecule has 3 aromatic carbocycles. The van der Waals surface area contributed by atoms with Crippen molar-refractivity contribution in [3.8, 4) is 22.8 Å². The van der Waals surface area contributed by atoms with Crippen LogP contribution in [0.15, 0.2) is 83.3 Å². The average Bonchev–Trinajstić information content (AvgIpc) is 3.52. The Morgan fingerprint density at radius 1 is 1.00 bits per heavy atom. The van der Waals surface area contributed by atoms with E-state index >= 15 is 0 Å². The zero-order chi connectivity index (χ0) is 27.6. The Morgan fingerprint density at radius 2 is 1.69 bits per heavy atom. The van der Waals surface area contributed by atoms with E-state index in [-0.39, 0.29) is 17.4 Å². The third kappa shape index (κ3) is 6.24. The number of carbonyl (C=O) groups is 1. The summed E-state index contributed by atoms with van der Waals surface area (Å²) >= 11 is 13.8. The molecule has 1 amide bonds. The highest BCUT2D eigenvalue weighted by Crippen LogP contribution is 2.38. The van der Waals surface area contributed by atoms with Gasteiger partial charge in [-0.15, -0.1) is 23.4 Å². The van der Waals surface area contributed by atoms with Gasteiger partial charge in [0.1, 0.15) is 12.1 Å². The SMILES string of the molecule is O=C1CSC(=NN=Cc2ccc(-c3ncn(-c4ccc(OC(F)(F)F)cc4)n3)cc2)N1c1c(Cl)cccc1Cl. The van der Waals surface area contributed by atoms with Gasteiger partial charge in [0.15, 0.2) is 11.0 Å². The van der Waals surface area contributed by atoms with E-state index in [1.165, 1.54) is 58.2 Å². The topological polar surface area (TPSA) is 85.0 Å². The number of anilines is 1. The van der Waals surface area contributed by atoms with Crippen LogP contribution in [0.1, 0.15) is 5.56 Å². The molecule has 2 heterocycles. The fourth-order valence-corrected chi connectivity index (χ4v) is 4.92. The zero-order valence-corrected chi connectivity index (χ0v) is 21.8. The molecule has 0 aliphatic carbocycles. The molecule has 0 bridgehead atoms. The molecule has 5 rings (SSSR count). The fraction of sp³-hybridized carbons (Fsp3) is 0.0800. The molecule has 0 atom stereocenters. The third-order valence-corrected chi connectivity index (χ3v) is 6.80. The van der Waals surface area contributed by atoms with Crippen molar-refractivity contribution in [2.75, 3.05) is 10.7 Å². The lowest BCUT2D eigenvalue weighted by Crippen LogP contribution is -2.29. The number of benzene rings is 3. The Bertz CT molecular complexity index is 1550. The summed E-state index contributed by atoms with van der Waals surface area (Å²) in [4.78, 5) is 18.1. The molecule has 1 fully saturated rings. The standard InChI is InChI=1S/C25H15Cl2F3N6O2S/c26-19-2-1-3-20(27)22(19)36-21(37)13-39-24(36)33-32-12-15-4-6-16(7-5-15)23-31-14-35(34-23)17-8-10-18(11-9-17)38-25(28,29)30/h1-12,14H,13H2. The highest BCUT2D eigenvalue weighted by atomic mass is 35.5. The summed E-state index contributed by atoms with van der Waals surface area (Å²) in [7, 11) is 0. The summed E-state index contributed by atoms with van der Waals surface area (Å²) in [6.45, 7) is 0. The van der Waals surface area contributed by atoms with Gasteiger partial charge in [-0.1, -0.05) is 65.3 Å². The summed E-state index contributed by atoms with van der Waals surface area (Å²) < 4.78 is 42.4. The second-order valence-corrected chi connectivity index (χ2v) is 9.65. The number of alkyl halides is 3. The number of rotatable bonds is 6. The first-order valence-electron chi connectivity index (χ1n) is 11.1. The van der Waals surface area contributed by atoms with Crippen LogP contribution in [0.5, 0.6) is 5.75 Å². The zero-order valence-electron chi connectivity index (χ0n) is 19.5. The number of hydrogen-bond donors (Lipinski definition) is 0. The van der Waals surface area contributed by atoms with Crippen molar-refractivity contribution >= 4 is 57.9 Å². The predicted molar refractivity (Wildman–Crippen MR) is 145 cm³/mol. The van der Waals surface area contributed by atoms with Crippen LogP contribution in [0, 0.1) is 0 Å². The number of carbonyl (C=O) groups excluding carboxylic acids is 1. The minimum Gasteiger partial charge on any atom is -0.406 e. The highest BCUT2D eigenvalue weighted by Gasteiger charge is 2.33. The highest BCUT2D eigenvalue weighted by molar-refractivity contribution is 8.15. The van der Waals surface area contributed by atoms with Crippen LogP contribution in [0.3, 0.4) is 0 Å². The van der Waals surface area contributed by atoms with Gasteiger partial charge >= 0.3 is 6.36 Å². The Balaban J connectivity index is 1.27. The number of ether oxygens (including phenoxy) is 1. The largest absolute Gasteiger partial charge is 0.573 e. The molecule has 0 radical (unpaired) electrons. The minimum absolute atomic E-state index is 0.190. The predicted octanol–water partition coefficient (Wildman–Crippen LogP) is 6.61. The maximum Gasteiger partial charge on any atom is 0.573 e. The minimum atomic E-state index is -4.76. The van der Waals surface area contributed by atoms with Crippen molar-refractivity contribution in [2.45, 2.75) is 6.36 Å². The van der Waals surface area contributed by atoms with Gasteiger partial charge in [-0.2, -0.15) is 5.10 Å². The van der Waals surface area contributed by atoms with Crippen LogP contribution in [-0.4, -0.2) is 44.2 Å². The average molecular weight is 591 g/mol. The summed E-state index contributed by atoms with van der Waals surface area (Å²) in [6, 6.07) is 17.4. The van der Waals surface area contributed by atoms with E-state index in [0.717, 1.165) is 5.56 Å². The number of hydrogen-bond acceptors (Lipinski definition) is 7. The van der Waals surface area contributed by atoms with Gasteiger partial charge in [-0.3, -0.25) is 9.69 Å². The van der Waals surface area contributed by atoms with Crippen molar-refractivity contribution < 1.29 is 22.7 Å². The first-order chi connectivity index (χ1) is 18.7. The molecule has 1 aromatic heterocycles. The molecule has 14 heteroatoms. The van der Waals surface area contributed by atoms with Crippen LogP contribution < -0.4 is 9.64 Å². The fourth-order valence-electron chi connectivity index (χ4n) is 3.54. The van der Waals surface area contributed by atoms with Crippen LogP contribution in [-0.2, 0) is 4.79 Å². The van der Waals surface area contributed by atoms with Gasteiger partial charge in [0, 0.05) is 5.56 Å². The summed E-state index contributed by atoms with van der Waals surface area (Å²) in [5.74, 6) is 0.0798. The number of amides is 1. The van der Waals surface area contributed by atoms with Gasteiger partial charge in [-0.25, -0.2) is 9.67 Å². The third-order valence-electron chi connectivity index (χ3n) is 5.27. The smallest absolute Gasteiger partial charge is 0.406 e. The number of aromatic nitrogens is 3. The Hall–Kier alpha value is -3.87. The summed E-state index contributed by atoms with van der Waals surface area (Å²) in [5, 5.41) is 13.7. The number of amidine groups is 1. The molecule has 1 aliphatic heterocycles. The normalized spacial score (nSPS) is 15.1. The van der Waals surface area contributed by atoms with E-state index in [1.807, 2.05) is 0 Å². The number of halogens is 5. The van der Waals surface area contributed by atoms with Crippen LogP contribution in [0.25, 0.3) is 17.1 Å². The Kier molecular flexibility index (Phi) is 7.60. The van der Waals surface area contributed by atoms with Gasteiger partial charge in [0.05, 0.1) is 33.4 Å². The van der Waals surface area contributed by atoms with Crippen molar-refractivity contribution in [1.29, 1.82) is 0 Å². The molecular formula is C25H15Cl2F3N6O2S. The quantitative estimate of drug-likeness (QED) is 0.186. The lowest BCUT2D eigenvalue weighted by Gasteiger charge is -2.18. The Morgan fingerprint density at radius 3 is 2.36 bits per heavy atom. The lowest BCUT2D eigenvalue weighted by atomic mass is 10.1. The van der Waals surface area contributed by atoms with E-state index < -0.39 is 6.36 Å². The maximum atomic E-state index is 12.4. The van der Waals surface area contributed by atoms with Crippen molar-refractivity contribution in [3.63, 3.8) is 0 Å². The molecule has 39 heavy (non-hydrogen) atoms. The molecule has 198 valence electrons. The second-order valence-electron chi connectivity index (χ2n) is 7.89. The van der Waals surface area contributed by atoms with Crippen molar-refractivity contribution in [2.24, 2.45) is 10.2 Å². The maximum absolute atomic E-state index is 12.4. The van der Waals surface area contributed by atoms with Crippen molar-refractivity contribution in [1.82, 2.24) is 14.8 Å². The van der Waals surface area contributed by atoms with Crippen LogP contribution in [0.2, 0.25) is 10.0 Å². The Labute approximate surface area is 233 Å². The summed E-state index contributed by atoms with van der Waals surface area (Å²) in [6.07, 6.45) is -1.77. The van der Waals surface area contributed by atoms with E-state index in [9.17, 15) is 18.0 Å². The molecular weight excluding hydrogens is 576 g/mol. The number of nitrogens with zero attached hydrogens (tertiary/aromatic N) is 6. The second kappa shape index (κ2) is 11.1. The first kappa shape index (κ1) is 26.7. The first-order valence-corrected chi connectivity index (χ1v) is 12.8. The molecule has 1 saturated heterocycles. The van der Waals surface area contributed by atoms with Gasteiger partial charge in [-0.05, 0) is 42.0 Å². The monoisotopic (exact) mass is 590 g/mol. The number of thioether (sulfide) groups is 1. The molecule has 8 nitrogen and oxygen atoms in total. The number of para-hydroxylation sites is 1. The van der Waals surface area contributed by atoms with E-state index in [2.05, 4.69) is 25.0 Å². The molecule has 0 spiro atoms.